The molecule has 2 rings (SSSR count). The molecule has 0 aliphatic heterocycles. The van der Waals surface area contributed by atoms with Crippen molar-refractivity contribution in [2.45, 2.75) is 6.18 Å². The van der Waals surface area contributed by atoms with E-state index in [-0.39, 0.29) is 10.7 Å². The van der Waals surface area contributed by atoms with Crippen molar-refractivity contribution in [2.24, 2.45) is 0 Å². The fourth-order valence-corrected chi connectivity index (χ4v) is 2.00. The molecule has 0 spiro atoms. The van der Waals surface area contributed by atoms with Crippen molar-refractivity contribution >= 4 is 35.0 Å². The fourth-order valence-electron chi connectivity index (χ4n) is 1.83. The maximum absolute atomic E-state index is 12.6. The minimum atomic E-state index is -4.43. The number of hydrazine groups is 1. The van der Waals surface area contributed by atoms with E-state index in [0.29, 0.717) is 0 Å². The standard InChI is InChI=1S/C17H14F3N3OS/c18-17(19,20)13-6-4-5-12(11-13)9-10-15(24)22-23-16(25)21-14-7-2-1-3-8-14/h1-11H,(H,22,24)(H2,21,23,25)/b10-9+. The highest BCUT2D eigenvalue weighted by Gasteiger charge is 2.30. The lowest BCUT2D eigenvalue weighted by atomic mass is 10.1. The molecule has 0 saturated heterocycles. The number of para-hydroxylation sites is 1. The minimum Gasteiger partial charge on any atom is -0.331 e. The van der Waals surface area contributed by atoms with Crippen LogP contribution in [0.4, 0.5) is 18.9 Å². The Kier molecular flexibility index (Phi) is 6.13. The van der Waals surface area contributed by atoms with Crippen LogP contribution in [0.25, 0.3) is 6.08 Å². The van der Waals surface area contributed by atoms with Crippen LogP contribution < -0.4 is 16.2 Å². The number of carbonyl (C=O) groups is 1. The van der Waals surface area contributed by atoms with Crippen LogP contribution in [0.2, 0.25) is 0 Å². The lowest BCUT2D eigenvalue weighted by molar-refractivity contribution is -0.137. The number of hydrogen-bond donors (Lipinski definition) is 3. The van der Waals surface area contributed by atoms with Crippen LogP contribution in [0.1, 0.15) is 11.1 Å². The van der Waals surface area contributed by atoms with E-state index >= 15 is 0 Å². The second-order valence-corrected chi connectivity index (χ2v) is 5.30. The van der Waals surface area contributed by atoms with E-state index in [0.717, 1.165) is 23.9 Å². The van der Waals surface area contributed by atoms with Gasteiger partial charge in [0.05, 0.1) is 5.56 Å². The molecule has 0 radical (unpaired) electrons. The highest BCUT2D eigenvalue weighted by molar-refractivity contribution is 7.80. The van der Waals surface area contributed by atoms with Gasteiger partial charge in [0.25, 0.3) is 5.91 Å². The Labute approximate surface area is 147 Å². The van der Waals surface area contributed by atoms with Gasteiger partial charge in [-0.3, -0.25) is 15.6 Å². The summed E-state index contributed by atoms with van der Waals surface area (Å²) in [6.45, 7) is 0. The molecule has 0 bridgehead atoms. The SMILES string of the molecule is O=C(/C=C/c1cccc(C(F)(F)F)c1)NNC(=S)Nc1ccccc1. The van der Waals surface area contributed by atoms with Gasteiger partial charge >= 0.3 is 6.18 Å². The number of hydrogen-bond acceptors (Lipinski definition) is 2. The van der Waals surface area contributed by atoms with Crippen LogP contribution in [0.15, 0.2) is 60.7 Å². The number of nitrogens with one attached hydrogen (secondary N) is 3. The summed E-state index contributed by atoms with van der Waals surface area (Å²) >= 11 is 5.00. The highest BCUT2D eigenvalue weighted by atomic mass is 32.1. The van der Waals surface area contributed by atoms with Crippen LogP contribution in [-0.2, 0) is 11.0 Å². The molecule has 2 aromatic carbocycles. The summed E-state index contributed by atoms with van der Waals surface area (Å²) in [6, 6.07) is 13.7. The number of benzene rings is 2. The Morgan fingerprint density at radius 2 is 1.72 bits per heavy atom. The van der Waals surface area contributed by atoms with E-state index in [2.05, 4.69) is 16.2 Å². The van der Waals surface area contributed by atoms with Gasteiger partial charge < -0.3 is 5.32 Å². The predicted molar refractivity (Wildman–Crippen MR) is 94.4 cm³/mol. The van der Waals surface area contributed by atoms with Gasteiger partial charge in [0, 0.05) is 11.8 Å². The Bertz CT molecular complexity index is 776. The van der Waals surface area contributed by atoms with Gasteiger partial charge in [0.1, 0.15) is 0 Å². The molecule has 0 aliphatic carbocycles. The van der Waals surface area contributed by atoms with E-state index in [4.69, 9.17) is 12.2 Å². The molecule has 130 valence electrons. The maximum Gasteiger partial charge on any atom is 0.416 e. The molecule has 0 aliphatic rings. The monoisotopic (exact) mass is 365 g/mol. The molecule has 0 atom stereocenters. The lowest BCUT2D eigenvalue weighted by Gasteiger charge is -2.10. The van der Waals surface area contributed by atoms with Crippen LogP contribution in [0.5, 0.6) is 0 Å². The highest BCUT2D eigenvalue weighted by Crippen LogP contribution is 2.29. The third-order valence-electron chi connectivity index (χ3n) is 2.97. The molecule has 3 N–H and O–H groups in total. The largest absolute Gasteiger partial charge is 0.416 e. The van der Waals surface area contributed by atoms with Crippen molar-refractivity contribution in [3.8, 4) is 0 Å². The van der Waals surface area contributed by atoms with Crippen molar-refractivity contribution in [3.05, 3.63) is 71.8 Å². The van der Waals surface area contributed by atoms with Gasteiger partial charge in [-0.2, -0.15) is 13.2 Å². The zero-order chi connectivity index (χ0) is 18.3. The molecule has 8 heteroatoms. The normalized spacial score (nSPS) is 11.2. The third-order valence-corrected chi connectivity index (χ3v) is 3.18. The first-order valence-corrected chi connectivity index (χ1v) is 7.53. The quantitative estimate of drug-likeness (QED) is 0.441. The number of thiocarbonyl (C=S) groups is 1. The molecule has 0 fully saturated rings. The van der Waals surface area contributed by atoms with E-state index in [1.807, 2.05) is 18.2 Å². The van der Waals surface area contributed by atoms with Gasteiger partial charge in [0.15, 0.2) is 5.11 Å². The fraction of sp³-hybridized carbons (Fsp3) is 0.0588. The number of halogens is 3. The first-order valence-electron chi connectivity index (χ1n) is 7.12. The molecule has 4 nitrogen and oxygen atoms in total. The van der Waals surface area contributed by atoms with Crippen molar-refractivity contribution in [1.29, 1.82) is 0 Å². The Balaban J connectivity index is 1.86. The number of rotatable bonds is 3. The Hall–Kier alpha value is -2.87. The number of anilines is 1. The molecule has 1 amide bonds. The minimum absolute atomic E-state index is 0.173. The number of amides is 1. The smallest absolute Gasteiger partial charge is 0.331 e. The summed E-state index contributed by atoms with van der Waals surface area (Å²) in [7, 11) is 0. The predicted octanol–water partition coefficient (Wildman–Crippen LogP) is 3.74. The molecule has 0 heterocycles. The number of alkyl halides is 3. The molecular formula is C17H14F3N3OS. The van der Waals surface area contributed by atoms with Crippen molar-refractivity contribution in [3.63, 3.8) is 0 Å². The van der Waals surface area contributed by atoms with E-state index in [9.17, 15) is 18.0 Å². The molecule has 0 unspecified atom stereocenters. The number of carbonyl (C=O) groups excluding carboxylic acids is 1. The van der Waals surface area contributed by atoms with Gasteiger partial charge in [-0.05, 0) is 48.1 Å². The van der Waals surface area contributed by atoms with Crippen LogP contribution in [0, 0.1) is 0 Å². The first-order chi connectivity index (χ1) is 11.8. The van der Waals surface area contributed by atoms with E-state index in [1.54, 1.807) is 12.1 Å². The summed E-state index contributed by atoms with van der Waals surface area (Å²) in [5.41, 5.74) is 5.04. The average Bonchev–Trinajstić information content (AvgIpc) is 2.58. The summed E-state index contributed by atoms with van der Waals surface area (Å²) in [4.78, 5) is 11.7. The topological polar surface area (TPSA) is 53.2 Å². The van der Waals surface area contributed by atoms with Crippen LogP contribution in [0.3, 0.4) is 0 Å². The van der Waals surface area contributed by atoms with Gasteiger partial charge in [-0.15, -0.1) is 0 Å². The summed E-state index contributed by atoms with van der Waals surface area (Å²) in [5.74, 6) is -0.561. The van der Waals surface area contributed by atoms with Crippen molar-refractivity contribution < 1.29 is 18.0 Å². The third kappa shape index (κ3) is 6.27. The summed E-state index contributed by atoms with van der Waals surface area (Å²) in [5, 5.41) is 3.02. The van der Waals surface area contributed by atoms with Gasteiger partial charge in [0.2, 0.25) is 0 Å². The second-order valence-electron chi connectivity index (χ2n) is 4.89. The first kappa shape index (κ1) is 18.5. The average molecular weight is 365 g/mol. The maximum atomic E-state index is 12.6. The van der Waals surface area contributed by atoms with Crippen molar-refractivity contribution in [1.82, 2.24) is 10.9 Å². The Morgan fingerprint density at radius 3 is 2.40 bits per heavy atom. The van der Waals surface area contributed by atoms with Crippen molar-refractivity contribution in [2.75, 3.05) is 5.32 Å². The molecular weight excluding hydrogens is 351 g/mol. The van der Waals surface area contributed by atoms with E-state index in [1.165, 1.54) is 18.2 Å². The van der Waals surface area contributed by atoms with Crippen LogP contribution in [-0.4, -0.2) is 11.0 Å². The molecule has 0 aromatic heterocycles. The Morgan fingerprint density at radius 1 is 1.00 bits per heavy atom. The second kappa shape index (κ2) is 8.29. The molecule has 25 heavy (non-hydrogen) atoms. The lowest BCUT2D eigenvalue weighted by Crippen LogP contribution is -2.43. The zero-order valence-electron chi connectivity index (χ0n) is 12.8. The summed E-state index contributed by atoms with van der Waals surface area (Å²) < 4.78 is 37.9. The van der Waals surface area contributed by atoms with Gasteiger partial charge in [-0.1, -0.05) is 30.3 Å². The molecule has 2 aromatic rings. The molecule has 0 saturated carbocycles. The summed E-state index contributed by atoms with van der Waals surface area (Å²) in [6.07, 6.45) is -2.05. The van der Waals surface area contributed by atoms with Crippen LogP contribution >= 0.6 is 12.2 Å². The zero-order valence-corrected chi connectivity index (χ0v) is 13.6. The van der Waals surface area contributed by atoms with Gasteiger partial charge in [-0.25, -0.2) is 0 Å². The van der Waals surface area contributed by atoms with E-state index < -0.39 is 17.6 Å².